The Morgan fingerprint density at radius 3 is 2.85 bits per heavy atom. The summed E-state index contributed by atoms with van der Waals surface area (Å²) in [5.74, 6) is 0. The van der Waals surface area contributed by atoms with E-state index in [9.17, 15) is 0 Å². The van der Waals surface area contributed by atoms with Gasteiger partial charge < -0.3 is 5.32 Å². The van der Waals surface area contributed by atoms with Crippen LogP contribution in [-0.4, -0.2) is 4.98 Å². The van der Waals surface area contributed by atoms with E-state index in [2.05, 4.69) is 47.6 Å². The van der Waals surface area contributed by atoms with E-state index in [4.69, 9.17) is 0 Å². The molecule has 0 saturated heterocycles. The van der Waals surface area contributed by atoms with E-state index in [1.807, 2.05) is 12.3 Å². The van der Waals surface area contributed by atoms with Crippen molar-refractivity contribution in [2.75, 3.05) is 5.32 Å². The lowest BCUT2D eigenvalue weighted by molar-refractivity contribution is 0.745. The minimum absolute atomic E-state index is 0.368. The highest BCUT2D eigenvalue weighted by atomic mass is 15.0. The van der Waals surface area contributed by atoms with Gasteiger partial charge in [-0.05, 0) is 55.0 Å². The molecular weight excluding hydrogens is 244 g/mol. The molecule has 0 bridgehead atoms. The van der Waals surface area contributed by atoms with E-state index >= 15 is 0 Å². The summed E-state index contributed by atoms with van der Waals surface area (Å²) in [6.45, 7) is 2.24. The fourth-order valence-corrected chi connectivity index (χ4v) is 2.90. The number of nitrogens with one attached hydrogen (secondary N) is 1. The van der Waals surface area contributed by atoms with Crippen molar-refractivity contribution in [1.82, 2.24) is 4.98 Å². The lowest BCUT2D eigenvalue weighted by Crippen LogP contribution is -2.08. The number of benzene rings is 1. The number of anilines is 1. The standard InChI is InChI=1S/C18H22N2/c1-2-3-5-14-7-10-16(11-8-14)20-17-12-9-15-6-4-13-19-18(15)17/h4,6-8,10-11,13,17,20H,2-3,5,9,12H2,1H3. The molecule has 104 valence electrons. The summed E-state index contributed by atoms with van der Waals surface area (Å²) in [4.78, 5) is 4.53. The average Bonchev–Trinajstić information content (AvgIpc) is 2.90. The van der Waals surface area contributed by atoms with E-state index in [1.54, 1.807) is 0 Å². The van der Waals surface area contributed by atoms with Crippen LogP contribution in [-0.2, 0) is 12.8 Å². The third kappa shape index (κ3) is 2.84. The minimum Gasteiger partial charge on any atom is -0.377 e. The van der Waals surface area contributed by atoms with Gasteiger partial charge in [0.25, 0.3) is 0 Å². The van der Waals surface area contributed by atoms with Crippen molar-refractivity contribution in [3.05, 3.63) is 59.4 Å². The van der Waals surface area contributed by atoms with Crippen molar-refractivity contribution in [3.63, 3.8) is 0 Å². The van der Waals surface area contributed by atoms with Crippen LogP contribution in [0.5, 0.6) is 0 Å². The van der Waals surface area contributed by atoms with Gasteiger partial charge in [0.1, 0.15) is 0 Å². The molecule has 20 heavy (non-hydrogen) atoms. The zero-order chi connectivity index (χ0) is 13.8. The molecular formula is C18H22N2. The Balaban J connectivity index is 1.67. The maximum Gasteiger partial charge on any atom is 0.0691 e. The molecule has 1 aromatic carbocycles. The van der Waals surface area contributed by atoms with Gasteiger partial charge in [0, 0.05) is 11.9 Å². The number of hydrogen-bond acceptors (Lipinski definition) is 2. The van der Waals surface area contributed by atoms with E-state index in [0.29, 0.717) is 6.04 Å². The zero-order valence-electron chi connectivity index (χ0n) is 12.1. The second-order valence-corrected chi connectivity index (χ2v) is 5.58. The molecule has 3 rings (SSSR count). The van der Waals surface area contributed by atoms with Crippen molar-refractivity contribution in [2.24, 2.45) is 0 Å². The number of hydrogen-bond donors (Lipinski definition) is 1. The fourth-order valence-electron chi connectivity index (χ4n) is 2.90. The number of nitrogens with zero attached hydrogens (tertiary/aromatic N) is 1. The average molecular weight is 266 g/mol. The summed E-state index contributed by atoms with van der Waals surface area (Å²) in [6, 6.07) is 13.5. The molecule has 1 aliphatic carbocycles. The molecule has 0 saturated carbocycles. The number of aryl methyl sites for hydroxylation is 2. The van der Waals surface area contributed by atoms with E-state index in [1.165, 1.54) is 41.8 Å². The molecule has 0 fully saturated rings. The van der Waals surface area contributed by atoms with Crippen LogP contribution in [0.3, 0.4) is 0 Å². The Morgan fingerprint density at radius 1 is 1.20 bits per heavy atom. The summed E-state index contributed by atoms with van der Waals surface area (Å²) in [5, 5.41) is 3.62. The van der Waals surface area contributed by atoms with Gasteiger partial charge in [-0.2, -0.15) is 0 Å². The van der Waals surface area contributed by atoms with Crippen molar-refractivity contribution >= 4 is 5.69 Å². The largest absolute Gasteiger partial charge is 0.377 e. The SMILES string of the molecule is CCCCc1ccc(NC2CCc3cccnc32)cc1. The monoisotopic (exact) mass is 266 g/mol. The van der Waals surface area contributed by atoms with Crippen molar-refractivity contribution in [1.29, 1.82) is 0 Å². The summed E-state index contributed by atoms with van der Waals surface area (Å²) in [5.41, 5.74) is 5.25. The Kier molecular flexibility index (Phi) is 4.00. The first kappa shape index (κ1) is 13.2. The maximum absolute atomic E-state index is 4.53. The molecule has 2 nitrogen and oxygen atoms in total. The highest BCUT2D eigenvalue weighted by Gasteiger charge is 2.22. The molecule has 2 aromatic rings. The fraction of sp³-hybridized carbons (Fsp3) is 0.389. The van der Waals surface area contributed by atoms with Crippen LogP contribution in [0.25, 0.3) is 0 Å². The summed E-state index contributed by atoms with van der Waals surface area (Å²) in [7, 11) is 0. The summed E-state index contributed by atoms with van der Waals surface area (Å²) < 4.78 is 0. The molecule has 0 aliphatic heterocycles. The summed E-state index contributed by atoms with van der Waals surface area (Å²) >= 11 is 0. The van der Waals surface area contributed by atoms with E-state index in [-0.39, 0.29) is 0 Å². The third-order valence-corrected chi connectivity index (χ3v) is 4.07. The molecule has 2 heteroatoms. The minimum atomic E-state index is 0.368. The number of fused-ring (bicyclic) bond motifs is 1. The van der Waals surface area contributed by atoms with Crippen LogP contribution < -0.4 is 5.32 Å². The van der Waals surface area contributed by atoms with Gasteiger partial charge in [0.15, 0.2) is 0 Å². The number of pyridine rings is 1. The Morgan fingerprint density at radius 2 is 2.05 bits per heavy atom. The maximum atomic E-state index is 4.53. The van der Waals surface area contributed by atoms with Crippen LogP contribution >= 0.6 is 0 Å². The first-order chi connectivity index (χ1) is 9.86. The molecule has 1 aromatic heterocycles. The summed E-state index contributed by atoms with van der Waals surface area (Å²) in [6.07, 6.45) is 7.88. The molecule has 1 heterocycles. The second-order valence-electron chi connectivity index (χ2n) is 5.58. The highest BCUT2D eigenvalue weighted by Crippen LogP contribution is 2.32. The first-order valence-corrected chi connectivity index (χ1v) is 7.66. The van der Waals surface area contributed by atoms with Crippen LogP contribution in [0.4, 0.5) is 5.69 Å². The normalized spacial score (nSPS) is 16.9. The highest BCUT2D eigenvalue weighted by molar-refractivity contribution is 5.48. The third-order valence-electron chi connectivity index (χ3n) is 4.07. The van der Waals surface area contributed by atoms with Gasteiger partial charge in [0.2, 0.25) is 0 Å². The van der Waals surface area contributed by atoms with Gasteiger partial charge in [-0.3, -0.25) is 4.98 Å². The number of unbranched alkanes of at least 4 members (excludes halogenated alkanes) is 1. The lowest BCUT2D eigenvalue weighted by Gasteiger charge is -2.15. The Bertz CT molecular complexity index is 560. The predicted molar refractivity (Wildman–Crippen MR) is 84.0 cm³/mol. The molecule has 1 N–H and O–H groups in total. The van der Waals surface area contributed by atoms with Crippen molar-refractivity contribution in [2.45, 2.75) is 45.1 Å². The van der Waals surface area contributed by atoms with Crippen LogP contribution in [0, 0.1) is 0 Å². The van der Waals surface area contributed by atoms with Crippen molar-refractivity contribution in [3.8, 4) is 0 Å². The zero-order valence-corrected chi connectivity index (χ0v) is 12.1. The van der Waals surface area contributed by atoms with Gasteiger partial charge in [-0.25, -0.2) is 0 Å². The molecule has 0 amide bonds. The molecule has 0 radical (unpaired) electrons. The second kappa shape index (κ2) is 6.08. The van der Waals surface area contributed by atoms with Crippen LogP contribution in [0.2, 0.25) is 0 Å². The van der Waals surface area contributed by atoms with Crippen LogP contribution in [0.1, 0.15) is 49.0 Å². The van der Waals surface area contributed by atoms with E-state index < -0.39 is 0 Å². The molecule has 0 spiro atoms. The quantitative estimate of drug-likeness (QED) is 0.860. The number of rotatable bonds is 5. The smallest absolute Gasteiger partial charge is 0.0691 e. The Labute approximate surface area is 121 Å². The lowest BCUT2D eigenvalue weighted by atomic mass is 10.1. The molecule has 1 atom stereocenters. The van der Waals surface area contributed by atoms with Crippen LogP contribution in [0.15, 0.2) is 42.6 Å². The van der Waals surface area contributed by atoms with Gasteiger partial charge >= 0.3 is 0 Å². The first-order valence-electron chi connectivity index (χ1n) is 7.66. The van der Waals surface area contributed by atoms with Crippen molar-refractivity contribution < 1.29 is 0 Å². The number of aromatic nitrogens is 1. The molecule has 1 aliphatic rings. The van der Waals surface area contributed by atoms with Gasteiger partial charge in [0.05, 0.1) is 11.7 Å². The topological polar surface area (TPSA) is 24.9 Å². The van der Waals surface area contributed by atoms with Gasteiger partial charge in [-0.15, -0.1) is 0 Å². The Hall–Kier alpha value is -1.83. The predicted octanol–water partition coefficient (Wildman–Crippen LogP) is 4.52. The van der Waals surface area contributed by atoms with E-state index in [0.717, 1.165) is 12.8 Å². The molecule has 1 unspecified atom stereocenters. The van der Waals surface area contributed by atoms with Gasteiger partial charge in [-0.1, -0.05) is 31.5 Å².